The van der Waals surface area contributed by atoms with Crippen LogP contribution in [0.25, 0.3) is 38.0 Å². The second-order valence-electron chi connectivity index (χ2n) is 8.27. The molecule has 1 saturated carbocycles. The molecule has 34 heavy (non-hydrogen) atoms. The molecule has 172 valence electrons. The zero-order valence-electron chi connectivity index (χ0n) is 18.4. The number of aryl methyl sites for hydroxylation is 2. The Morgan fingerprint density at radius 3 is 2.82 bits per heavy atom. The number of rotatable bonds is 5. The molecule has 0 atom stereocenters. The Morgan fingerprint density at radius 1 is 1.38 bits per heavy atom. The van der Waals surface area contributed by atoms with Gasteiger partial charge in [-0.25, -0.2) is 14.3 Å². The van der Waals surface area contributed by atoms with Gasteiger partial charge in [0.05, 0.1) is 40.7 Å². The molecule has 10 heteroatoms. The molecule has 1 fully saturated rings. The molecule has 2 aromatic heterocycles. The molecule has 1 aliphatic carbocycles. The number of halogens is 2. The first kappa shape index (κ1) is 22.1. The summed E-state index contributed by atoms with van der Waals surface area (Å²) in [6.45, 7) is 9.52. The summed E-state index contributed by atoms with van der Waals surface area (Å²) in [6.07, 6.45) is 3.44. The van der Waals surface area contributed by atoms with Gasteiger partial charge in [-0.15, -0.1) is 0 Å². The summed E-state index contributed by atoms with van der Waals surface area (Å²) >= 11 is 6.50. The van der Waals surface area contributed by atoms with Crippen molar-refractivity contribution in [1.82, 2.24) is 20.0 Å². The molecule has 0 unspecified atom stereocenters. The number of hydrogen-bond acceptors (Lipinski definition) is 5. The molecule has 0 amide bonds. The third-order valence-electron chi connectivity index (χ3n) is 5.91. The van der Waals surface area contributed by atoms with Gasteiger partial charge in [-0.1, -0.05) is 11.6 Å². The van der Waals surface area contributed by atoms with Gasteiger partial charge in [0.15, 0.2) is 0 Å². The van der Waals surface area contributed by atoms with Crippen molar-refractivity contribution in [1.29, 1.82) is 0 Å². The summed E-state index contributed by atoms with van der Waals surface area (Å²) in [4.78, 5) is 16.0. The van der Waals surface area contributed by atoms with E-state index in [4.69, 9.17) is 28.6 Å². The zero-order chi connectivity index (χ0) is 24.1. The van der Waals surface area contributed by atoms with E-state index in [2.05, 4.69) is 20.1 Å². The molecule has 0 aliphatic heterocycles. The van der Waals surface area contributed by atoms with Crippen LogP contribution in [0.4, 0.5) is 10.1 Å². The van der Waals surface area contributed by atoms with E-state index in [-0.39, 0.29) is 34.3 Å². The lowest BCUT2D eigenvalue weighted by Crippen LogP contribution is -2.13. The second-order valence-corrected chi connectivity index (χ2v) is 8.68. The number of nitrogens with zero attached hydrogens (tertiary/aromatic N) is 4. The summed E-state index contributed by atoms with van der Waals surface area (Å²) in [5.74, 6) is -0.164. The van der Waals surface area contributed by atoms with Gasteiger partial charge in [-0.3, -0.25) is 9.48 Å². The Morgan fingerprint density at radius 2 is 2.15 bits per heavy atom. The SMILES string of the molecule is [C-]#[N+]c1c(OC2CC2)cc(C)c(F)c1-c1c(-c2cc(Cl)c3c(=O)[nH]nc(CN)c3c2)cnn1C. The molecule has 3 N–H and O–H groups in total. The Hall–Kier alpha value is -3.74. The van der Waals surface area contributed by atoms with Gasteiger partial charge in [-0.05, 0) is 49.1 Å². The van der Waals surface area contributed by atoms with Crippen molar-refractivity contribution in [2.75, 3.05) is 0 Å². The van der Waals surface area contributed by atoms with Crippen molar-refractivity contribution in [3.8, 4) is 28.1 Å². The fourth-order valence-electron chi connectivity index (χ4n) is 4.09. The van der Waals surface area contributed by atoms with Crippen LogP contribution in [0.1, 0.15) is 24.1 Å². The van der Waals surface area contributed by atoms with Crippen LogP contribution in [0.3, 0.4) is 0 Å². The van der Waals surface area contributed by atoms with Crippen molar-refractivity contribution in [2.45, 2.75) is 32.4 Å². The van der Waals surface area contributed by atoms with E-state index >= 15 is 4.39 Å². The number of H-pyrrole nitrogens is 1. The van der Waals surface area contributed by atoms with E-state index in [1.807, 2.05) is 0 Å². The maximum absolute atomic E-state index is 15.6. The first-order chi connectivity index (χ1) is 16.3. The highest BCUT2D eigenvalue weighted by Gasteiger charge is 2.29. The zero-order valence-corrected chi connectivity index (χ0v) is 19.2. The molecule has 1 aliphatic rings. The average molecular weight is 479 g/mol. The van der Waals surface area contributed by atoms with Gasteiger partial charge in [0.1, 0.15) is 11.6 Å². The van der Waals surface area contributed by atoms with Gasteiger partial charge in [0.2, 0.25) is 5.69 Å². The van der Waals surface area contributed by atoms with Gasteiger partial charge < -0.3 is 10.5 Å². The topological polar surface area (TPSA) is 103 Å². The molecule has 2 aromatic carbocycles. The number of nitrogens with two attached hydrogens (primary N) is 1. The number of fused-ring (bicyclic) bond motifs is 1. The summed E-state index contributed by atoms with van der Waals surface area (Å²) < 4.78 is 23.0. The second kappa shape index (κ2) is 8.24. The van der Waals surface area contributed by atoms with Crippen LogP contribution in [0.2, 0.25) is 5.02 Å². The minimum atomic E-state index is -0.522. The highest BCUT2D eigenvalue weighted by Crippen LogP contribution is 2.47. The predicted molar refractivity (Wildman–Crippen MR) is 128 cm³/mol. The lowest BCUT2D eigenvalue weighted by atomic mass is 9.96. The third kappa shape index (κ3) is 3.52. The molecule has 2 heterocycles. The van der Waals surface area contributed by atoms with E-state index < -0.39 is 11.4 Å². The standard InChI is InChI=1S/C24H20ClFN6O2/c1-11-6-18(34-13-4-5-13)22(28-2)20(21(11)26)23-15(10-29-32(23)3)12-7-14-17(9-27)30-31-24(33)19(14)16(25)8-12/h6-8,10,13H,4-5,9,27H2,1,3H3,(H,31,33). The molecule has 0 spiro atoms. The van der Waals surface area contributed by atoms with E-state index in [9.17, 15) is 4.79 Å². The van der Waals surface area contributed by atoms with Crippen molar-refractivity contribution in [3.63, 3.8) is 0 Å². The summed E-state index contributed by atoms with van der Waals surface area (Å²) in [5, 5.41) is 11.7. The van der Waals surface area contributed by atoms with Crippen LogP contribution >= 0.6 is 11.6 Å². The molecule has 8 nitrogen and oxygen atoms in total. The molecular formula is C24H20ClFN6O2. The van der Waals surface area contributed by atoms with Gasteiger partial charge >= 0.3 is 0 Å². The van der Waals surface area contributed by atoms with Crippen molar-refractivity contribution < 1.29 is 9.13 Å². The maximum Gasteiger partial charge on any atom is 0.273 e. The molecule has 0 saturated heterocycles. The molecule has 4 aromatic rings. The van der Waals surface area contributed by atoms with E-state index in [1.54, 1.807) is 38.4 Å². The lowest BCUT2D eigenvalue weighted by Gasteiger charge is -2.16. The summed E-state index contributed by atoms with van der Waals surface area (Å²) in [6, 6.07) is 4.92. The number of nitrogens with one attached hydrogen (secondary N) is 1. The average Bonchev–Trinajstić information content (AvgIpc) is 3.55. The Balaban J connectivity index is 1.79. The summed E-state index contributed by atoms with van der Waals surface area (Å²) in [7, 11) is 1.68. The van der Waals surface area contributed by atoms with E-state index in [0.29, 0.717) is 39.2 Å². The van der Waals surface area contributed by atoms with Crippen LogP contribution in [0, 0.1) is 19.3 Å². The highest BCUT2D eigenvalue weighted by molar-refractivity contribution is 6.36. The van der Waals surface area contributed by atoms with Crippen LogP contribution in [-0.2, 0) is 13.6 Å². The molecular weight excluding hydrogens is 459 g/mol. The van der Waals surface area contributed by atoms with Crippen LogP contribution in [-0.4, -0.2) is 26.1 Å². The lowest BCUT2D eigenvalue weighted by molar-refractivity contribution is 0.304. The smallest absolute Gasteiger partial charge is 0.273 e. The van der Waals surface area contributed by atoms with Crippen LogP contribution in [0.15, 0.2) is 29.2 Å². The van der Waals surface area contributed by atoms with Crippen molar-refractivity contribution in [3.05, 3.63) is 68.3 Å². The number of benzene rings is 2. The summed E-state index contributed by atoms with van der Waals surface area (Å²) in [5.41, 5.74) is 7.95. The van der Waals surface area contributed by atoms with Gasteiger partial charge in [0, 0.05) is 30.1 Å². The predicted octanol–water partition coefficient (Wildman–Crippen LogP) is 4.64. The van der Waals surface area contributed by atoms with E-state index in [1.165, 1.54) is 4.68 Å². The fourth-order valence-corrected chi connectivity index (χ4v) is 4.40. The normalized spacial score (nSPS) is 13.3. The van der Waals surface area contributed by atoms with Crippen molar-refractivity contribution in [2.24, 2.45) is 12.8 Å². The number of ether oxygens (including phenoxy) is 1. The quantitative estimate of drug-likeness (QED) is 0.407. The van der Waals surface area contributed by atoms with Crippen LogP contribution in [0.5, 0.6) is 5.75 Å². The van der Waals surface area contributed by atoms with Crippen molar-refractivity contribution >= 4 is 28.1 Å². The van der Waals surface area contributed by atoms with Crippen LogP contribution < -0.4 is 16.0 Å². The number of aromatic nitrogens is 4. The third-order valence-corrected chi connectivity index (χ3v) is 6.21. The Bertz CT molecular complexity index is 1560. The Kier molecular flexibility index (Phi) is 5.35. The molecule has 5 rings (SSSR count). The van der Waals surface area contributed by atoms with Gasteiger partial charge in [-0.2, -0.15) is 10.2 Å². The maximum atomic E-state index is 15.6. The fraction of sp³-hybridized carbons (Fsp3) is 0.250. The van der Waals surface area contributed by atoms with Gasteiger partial charge in [0.25, 0.3) is 5.56 Å². The molecule has 0 bridgehead atoms. The largest absolute Gasteiger partial charge is 0.501 e. The first-order valence-electron chi connectivity index (χ1n) is 10.6. The first-order valence-corrected chi connectivity index (χ1v) is 11.0. The van der Waals surface area contributed by atoms with E-state index in [0.717, 1.165) is 12.8 Å². The molecule has 0 radical (unpaired) electrons. The number of hydrogen-bond donors (Lipinski definition) is 2. The minimum Gasteiger partial charge on any atom is -0.501 e. The highest BCUT2D eigenvalue weighted by atomic mass is 35.5. The Labute approximate surface area is 198 Å². The number of aromatic amines is 1. The minimum absolute atomic E-state index is 0.0452. The monoisotopic (exact) mass is 478 g/mol.